The van der Waals surface area contributed by atoms with E-state index < -0.39 is 11.6 Å². The van der Waals surface area contributed by atoms with E-state index in [0.29, 0.717) is 15.8 Å². The van der Waals surface area contributed by atoms with E-state index in [4.69, 9.17) is 4.74 Å². The topological polar surface area (TPSA) is 97.5 Å². The molecule has 0 bridgehead atoms. The van der Waals surface area contributed by atoms with Gasteiger partial charge in [0.25, 0.3) is 0 Å². The average molecular weight is 579 g/mol. The third-order valence-corrected chi connectivity index (χ3v) is 10.5. The Morgan fingerprint density at radius 2 is 1.85 bits per heavy atom. The number of rotatable bonds is 10. The summed E-state index contributed by atoms with van der Waals surface area (Å²) in [6.07, 6.45) is 8.15. The fraction of sp³-hybridized carbons (Fsp3) is 0.467. The van der Waals surface area contributed by atoms with Crippen LogP contribution in [0.3, 0.4) is 0 Å². The van der Waals surface area contributed by atoms with Crippen LogP contribution in [0.4, 0.5) is 0 Å². The van der Waals surface area contributed by atoms with Crippen molar-refractivity contribution >= 4 is 46.0 Å². The second-order valence-corrected chi connectivity index (χ2v) is 12.8. The molecule has 4 aromatic rings. The van der Waals surface area contributed by atoms with Gasteiger partial charge in [0.1, 0.15) is 17.9 Å². The second kappa shape index (κ2) is 11.5. The van der Waals surface area contributed by atoms with E-state index in [1.807, 2.05) is 33.6 Å². The van der Waals surface area contributed by atoms with Gasteiger partial charge in [0.05, 0.1) is 15.3 Å². The van der Waals surface area contributed by atoms with Crippen molar-refractivity contribution in [2.24, 2.45) is 0 Å². The van der Waals surface area contributed by atoms with Crippen LogP contribution < -0.4 is 0 Å². The molecule has 10 heteroatoms. The van der Waals surface area contributed by atoms with Crippen LogP contribution >= 0.6 is 22.7 Å². The van der Waals surface area contributed by atoms with Crippen LogP contribution in [0.5, 0.6) is 0 Å². The predicted molar refractivity (Wildman–Crippen MR) is 156 cm³/mol. The van der Waals surface area contributed by atoms with E-state index in [0.717, 1.165) is 87.3 Å². The van der Waals surface area contributed by atoms with Crippen molar-refractivity contribution in [1.29, 1.82) is 0 Å². The monoisotopic (exact) mass is 578 g/mol. The molecule has 1 aromatic carbocycles. The van der Waals surface area contributed by atoms with Gasteiger partial charge in [-0.05, 0) is 105 Å². The third-order valence-electron chi connectivity index (χ3n) is 8.50. The first-order valence-electron chi connectivity index (χ1n) is 14.0. The number of esters is 1. The maximum atomic E-state index is 13.3. The number of nitrogens with zero attached hydrogens (tertiary/aromatic N) is 4. The molecule has 0 saturated heterocycles. The molecule has 0 atom stereocenters. The van der Waals surface area contributed by atoms with E-state index in [2.05, 4.69) is 22.3 Å². The summed E-state index contributed by atoms with van der Waals surface area (Å²) >= 11 is 2.72. The molecule has 1 saturated carbocycles. The standard InChI is InChI=1S/C30H34N4O4S2/c1-33(14-5-15-34-28-24-7-2-6-23(24)20(19-35)18-25(28)31-32-34)21-10-12-22(13-11-21)38-29(36)30(37,26-8-3-16-39-26)27-9-4-17-40-27/h3-4,8-9,16-19,21-22,37H,2,5-7,10-15H2,1H3/t21-,22-. The maximum Gasteiger partial charge on any atom is 0.349 e. The Balaban J connectivity index is 1.02. The molecule has 40 heavy (non-hydrogen) atoms. The fourth-order valence-electron chi connectivity index (χ4n) is 6.34. The Morgan fingerprint density at radius 1 is 1.15 bits per heavy atom. The minimum Gasteiger partial charge on any atom is -0.460 e. The number of hydrogen-bond acceptors (Lipinski definition) is 9. The third kappa shape index (κ3) is 5.02. The van der Waals surface area contributed by atoms with Gasteiger partial charge in [-0.1, -0.05) is 17.3 Å². The summed E-state index contributed by atoms with van der Waals surface area (Å²) in [6.45, 7) is 1.71. The molecular formula is C30H34N4O4S2. The lowest BCUT2D eigenvalue weighted by atomic mass is 9.91. The predicted octanol–water partition coefficient (Wildman–Crippen LogP) is 4.97. The molecule has 0 aliphatic heterocycles. The van der Waals surface area contributed by atoms with Crippen LogP contribution in [-0.4, -0.2) is 63.0 Å². The molecule has 8 nitrogen and oxygen atoms in total. The molecule has 1 fully saturated rings. The Morgan fingerprint density at radius 3 is 2.50 bits per heavy atom. The van der Waals surface area contributed by atoms with Gasteiger partial charge in [-0.2, -0.15) is 0 Å². The first kappa shape index (κ1) is 27.3. The summed E-state index contributed by atoms with van der Waals surface area (Å²) in [5, 5.41) is 24.0. The highest BCUT2D eigenvalue weighted by Gasteiger charge is 2.45. The Hall–Kier alpha value is -2.92. The molecule has 2 aliphatic carbocycles. The number of hydrogen-bond donors (Lipinski definition) is 1. The van der Waals surface area contributed by atoms with Crippen LogP contribution in [-0.2, 0) is 34.5 Å². The molecule has 3 aromatic heterocycles. The van der Waals surface area contributed by atoms with Gasteiger partial charge in [-0.3, -0.25) is 4.79 Å². The van der Waals surface area contributed by atoms with Crippen LogP contribution in [0.15, 0.2) is 41.1 Å². The van der Waals surface area contributed by atoms with Gasteiger partial charge in [0, 0.05) is 18.2 Å². The van der Waals surface area contributed by atoms with Crippen molar-refractivity contribution in [3.63, 3.8) is 0 Å². The molecular weight excluding hydrogens is 544 g/mol. The van der Waals surface area contributed by atoms with Crippen LogP contribution in [0.1, 0.15) is 69.8 Å². The summed E-state index contributed by atoms with van der Waals surface area (Å²) in [4.78, 5) is 28.4. The van der Waals surface area contributed by atoms with Crippen molar-refractivity contribution in [2.45, 2.75) is 75.7 Å². The largest absolute Gasteiger partial charge is 0.460 e. The van der Waals surface area contributed by atoms with Crippen molar-refractivity contribution in [1.82, 2.24) is 19.9 Å². The summed E-state index contributed by atoms with van der Waals surface area (Å²) < 4.78 is 7.94. The molecule has 2 aliphatic rings. The number of carbonyl (C=O) groups excluding carboxylic acids is 2. The zero-order valence-electron chi connectivity index (χ0n) is 22.6. The molecule has 0 amide bonds. The molecule has 3 heterocycles. The molecule has 210 valence electrons. The number of aldehydes is 1. The lowest BCUT2D eigenvalue weighted by molar-refractivity contribution is -0.169. The van der Waals surface area contributed by atoms with Crippen molar-refractivity contribution in [3.05, 3.63) is 67.5 Å². The minimum absolute atomic E-state index is 0.191. The van der Waals surface area contributed by atoms with Crippen LogP contribution in [0.25, 0.3) is 11.0 Å². The SMILES string of the molecule is CN(CCCn1nnc2cc(C=O)c3c(c21)CCC3)[C@H]1CC[C@H](OC(=O)C(O)(c2cccs2)c2cccs2)CC1. The van der Waals surface area contributed by atoms with Crippen molar-refractivity contribution < 1.29 is 19.4 Å². The highest BCUT2D eigenvalue weighted by molar-refractivity contribution is 7.12. The van der Waals surface area contributed by atoms with Gasteiger partial charge in [-0.25, -0.2) is 9.48 Å². The van der Waals surface area contributed by atoms with Gasteiger partial charge >= 0.3 is 5.97 Å². The first-order valence-corrected chi connectivity index (χ1v) is 15.8. The summed E-state index contributed by atoms with van der Waals surface area (Å²) in [7, 11) is 2.16. The molecule has 0 radical (unpaired) electrons. The minimum atomic E-state index is -1.75. The lowest BCUT2D eigenvalue weighted by Crippen LogP contribution is -2.42. The zero-order valence-corrected chi connectivity index (χ0v) is 24.3. The number of aryl methyl sites for hydroxylation is 2. The van der Waals surface area contributed by atoms with Gasteiger partial charge in [0.15, 0.2) is 0 Å². The summed E-state index contributed by atoms with van der Waals surface area (Å²) in [5.74, 6) is -0.582. The lowest BCUT2D eigenvalue weighted by Gasteiger charge is -2.35. The maximum absolute atomic E-state index is 13.3. The quantitative estimate of drug-likeness (QED) is 0.210. The van der Waals surface area contributed by atoms with Crippen LogP contribution in [0, 0.1) is 0 Å². The van der Waals surface area contributed by atoms with Crippen molar-refractivity contribution in [2.75, 3.05) is 13.6 Å². The van der Waals surface area contributed by atoms with E-state index in [-0.39, 0.29) is 6.10 Å². The average Bonchev–Trinajstić information content (AvgIpc) is 3.79. The highest BCUT2D eigenvalue weighted by Crippen LogP contribution is 2.38. The Bertz CT molecular complexity index is 1440. The Kier molecular flexibility index (Phi) is 7.85. The number of carbonyl (C=O) groups is 2. The highest BCUT2D eigenvalue weighted by atomic mass is 32.1. The molecule has 0 spiro atoms. The van der Waals surface area contributed by atoms with E-state index in [9.17, 15) is 14.7 Å². The number of aliphatic hydroxyl groups is 1. The van der Waals surface area contributed by atoms with Gasteiger partial charge in [0.2, 0.25) is 5.60 Å². The number of ether oxygens (including phenoxy) is 1. The van der Waals surface area contributed by atoms with Gasteiger partial charge in [-0.15, -0.1) is 27.8 Å². The molecule has 6 rings (SSSR count). The van der Waals surface area contributed by atoms with E-state index in [1.165, 1.54) is 33.8 Å². The van der Waals surface area contributed by atoms with E-state index in [1.54, 1.807) is 12.1 Å². The number of thiophene rings is 2. The molecule has 1 N–H and O–H groups in total. The summed E-state index contributed by atoms with van der Waals surface area (Å²) in [5.41, 5.74) is 3.33. The smallest absolute Gasteiger partial charge is 0.349 e. The number of fused-ring (bicyclic) bond motifs is 3. The normalized spacial score (nSPS) is 19.3. The Labute approximate surface area is 241 Å². The van der Waals surface area contributed by atoms with Crippen molar-refractivity contribution in [3.8, 4) is 0 Å². The zero-order chi connectivity index (χ0) is 27.7. The first-order chi connectivity index (χ1) is 19.5. The second-order valence-electron chi connectivity index (χ2n) is 10.9. The molecule has 0 unspecified atom stereocenters. The van der Waals surface area contributed by atoms with Crippen LogP contribution in [0.2, 0.25) is 0 Å². The fourth-order valence-corrected chi connectivity index (χ4v) is 8.05. The van der Waals surface area contributed by atoms with E-state index >= 15 is 0 Å². The van der Waals surface area contributed by atoms with Gasteiger partial charge < -0.3 is 14.7 Å². The summed E-state index contributed by atoms with van der Waals surface area (Å²) in [6, 6.07) is 9.57. The number of aromatic nitrogens is 3. The number of benzene rings is 1.